The monoisotopic (exact) mass is 436 g/mol. The predicted octanol–water partition coefficient (Wildman–Crippen LogP) is 2.20. The van der Waals surface area contributed by atoms with Gasteiger partial charge in [-0.2, -0.15) is 0 Å². The smallest absolute Gasteiger partial charge is 0.286 e. The molecule has 0 unspecified atom stereocenters. The molecule has 1 aromatic carbocycles. The molecule has 156 valence electrons. The summed E-state index contributed by atoms with van der Waals surface area (Å²) in [6, 6.07) is 6.81. The first kappa shape index (κ1) is 21.6. The molecular weight excluding hydrogens is 412 g/mol. The van der Waals surface area contributed by atoms with Crippen molar-refractivity contribution in [3.05, 3.63) is 39.3 Å². The summed E-state index contributed by atoms with van der Waals surface area (Å²) in [6.07, 6.45) is 0.874. The molecule has 1 saturated heterocycles. The molecule has 1 aromatic heterocycles. The van der Waals surface area contributed by atoms with Crippen LogP contribution < -0.4 is 10.6 Å². The van der Waals surface area contributed by atoms with E-state index in [0.29, 0.717) is 17.3 Å². The third-order valence-electron chi connectivity index (χ3n) is 4.74. The van der Waals surface area contributed by atoms with E-state index in [1.807, 2.05) is 0 Å². The minimum atomic E-state index is -0.421. The van der Waals surface area contributed by atoms with Crippen LogP contribution in [0.15, 0.2) is 24.3 Å². The van der Waals surface area contributed by atoms with Crippen LogP contribution in [0.5, 0.6) is 0 Å². The summed E-state index contributed by atoms with van der Waals surface area (Å²) in [5.74, 6) is -0.727. The third kappa shape index (κ3) is 6.46. The van der Waals surface area contributed by atoms with Crippen molar-refractivity contribution in [1.29, 1.82) is 0 Å². The standard InChI is InChI=1S/C19H25ClN6O2S/c1-2-25-9-11-26(12-10-25)8-4-7-21-16(27)18-23-24-19(29-18)17(28)22-15-6-3-5-14(20)13-15/h3,5-6,13H,2,4,7-12H2,1H3,(H,21,27)(H,22,28). The van der Waals surface area contributed by atoms with Gasteiger partial charge in [0.1, 0.15) is 0 Å². The van der Waals surface area contributed by atoms with E-state index in [9.17, 15) is 9.59 Å². The van der Waals surface area contributed by atoms with Crippen molar-refractivity contribution >= 4 is 40.4 Å². The Bertz CT molecular complexity index is 838. The van der Waals surface area contributed by atoms with Gasteiger partial charge >= 0.3 is 0 Å². The zero-order valence-corrected chi connectivity index (χ0v) is 17.9. The first-order valence-corrected chi connectivity index (χ1v) is 10.9. The predicted molar refractivity (Wildman–Crippen MR) is 115 cm³/mol. The Balaban J connectivity index is 1.40. The maximum atomic E-state index is 12.3. The van der Waals surface area contributed by atoms with Crippen LogP contribution in [0, 0.1) is 0 Å². The van der Waals surface area contributed by atoms with Crippen molar-refractivity contribution in [3.8, 4) is 0 Å². The fraction of sp³-hybridized carbons (Fsp3) is 0.474. The Hall–Kier alpha value is -2.07. The van der Waals surface area contributed by atoms with Crippen LogP contribution in [0.4, 0.5) is 5.69 Å². The van der Waals surface area contributed by atoms with E-state index in [4.69, 9.17) is 11.6 Å². The van der Waals surface area contributed by atoms with E-state index in [2.05, 4.69) is 37.6 Å². The summed E-state index contributed by atoms with van der Waals surface area (Å²) < 4.78 is 0. The molecule has 2 N–H and O–H groups in total. The van der Waals surface area contributed by atoms with Gasteiger partial charge in [0, 0.05) is 43.4 Å². The molecule has 1 fully saturated rings. The average molecular weight is 437 g/mol. The Labute approximate surface area is 179 Å². The van der Waals surface area contributed by atoms with Crippen molar-refractivity contribution in [2.75, 3.05) is 51.1 Å². The number of aromatic nitrogens is 2. The number of carbonyl (C=O) groups excluding carboxylic acids is 2. The number of hydrogen-bond acceptors (Lipinski definition) is 7. The molecule has 0 bridgehead atoms. The molecule has 2 heterocycles. The molecule has 0 spiro atoms. The van der Waals surface area contributed by atoms with E-state index in [1.165, 1.54) is 0 Å². The van der Waals surface area contributed by atoms with Crippen LogP contribution in [-0.4, -0.2) is 77.6 Å². The molecule has 1 aliphatic heterocycles. The summed E-state index contributed by atoms with van der Waals surface area (Å²) >= 11 is 6.87. The van der Waals surface area contributed by atoms with E-state index in [0.717, 1.165) is 57.0 Å². The van der Waals surface area contributed by atoms with Gasteiger partial charge < -0.3 is 20.4 Å². The Morgan fingerprint density at radius 2 is 1.79 bits per heavy atom. The summed E-state index contributed by atoms with van der Waals surface area (Å²) in [6.45, 7) is 9.17. The molecule has 0 radical (unpaired) electrons. The van der Waals surface area contributed by atoms with Crippen LogP contribution in [0.3, 0.4) is 0 Å². The topological polar surface area (TPSA) is 90.5 Å². The quantitative estimate of drug-likeness (QED) is 0.616. The third-order valence-corrected chi connectivity index (χ3v) is 5.90. The first-order valence-electron chi connectivity index (χ1n) is 9.68. The number of likely N-dealkylation sites (N-methyl/N-ethyl adjacent to an activating group) is 1. The SMILES string of the molecule is CCN1CCN(CCCNC(=O)c2nnc(C(=O)Nc3cccc(Cl)c3)s2)CC1. The Kier molecular flexibility index (Phi) is 7.93. The molecule has 29 heavy (non-hydrogen) atoms. The number of rotatable bonds is 8. The fourth-order valence-electron chi connectivity index (χ4n) is 3.07. The van der Waals surface area contributed by atoms with Crippen molar-refractivity contribution in [2.24, 2.45) is 0 Å². The van der Waals surface area contributed by atoms with E-state index in [-0.39, 0.29) is 15.9 Å². The summed E-state index contributed by atoms with van der Waals surface area (Å²) in [5, 5.41) is 14.0. The number of amides is 2. The number of carbonyl (C=O) groups is 2. The van der Waals surface area contributed by atoms with Crippen molar-refractivity contribution < 1.29 is 9.59 Å². The molecule has 3 rings (SSSR count). The highest BCUT2D eigenvalue weighted by atomic mass is 35.5. The lowest BCUT2D eigenvalue weighted by Crippen LogP contribution is -2.46. The van der Waals surface area contributed by atoms with Crippen LogP contribution in [0.1, 0.15) is 32.9 Å². The van der Waals surface area contributed by atoms with Gasteiger partial charge in [-0.25, -0.2) is 0 Å². The van der Waals surface area contributed by atoms with E-state index in [1.54, 1.807) is 24.3 Å². The van der Waals surface area contributed by atoms with Gasteiger partial charge in [-0.3, -0.25) is 9.59 Å². The zero-order valence-electron chi connectivity index (χ0n) is 16.4. The average Bonchev–Trinajstić information content (AvgIpc) is 3.22. The molecule has 2 amide bonds. The summed E-state index contributed by atoms with van der Waals surface area (Å²) in [5.41, 5.74) is 0.559. The number of anilines is 1. The number of nitrogens with zero attached hydrogens (tertiary/aromatic N) is 4. The van der Waals surface area contributed by atoms with Crippen LogP contribution in [0.2, 0.25) is 5.02 Å². The molecule has 10 heteroatoms. The second kappa shape index (κ2) is 10.6. The zero-order chi connectivity index (χ0) is 20.6. The highest BCUT2D eigenvalue weighted by Gasteiger charge is 2.18. The number of hydrogen-bond donors (Lipinski definition) is 2. The summed E-state index contributed by atoms with van der Waals surface area (Å²) in [7, 11) is 0. The number of halogens is 1. The van der Waals surface area contributed by atoms with Crippen LogP contribution >= 0.6 is 22.9 Å². The number of piperazine rings is 1. The second-order valence-electron chi connectivity index (χ2n) is 6.76. The molecular formula is C19H25ClN6O2S. The molecule has 1 aliphatic rings. The van der Waals surface area contributed by atoms with Gasteiger partial charge in [-0.05, 0) is 37.7 Å². The van der Waals surface area contributed by atoms with Gasteiger partial charge in [0.2, 0.25) is 10.0 Å². The number of nitrogens with one attached hydrogen (secondary N) is 2. The van der Waals surface area contributed by atoms with Crippen molar-refractivity contribution in [2.45, 2.75) is 13.3 Å². The van der Waals surface area contributed by atoms with Crippen molar-refractivity contribution in [1.82, 2.24) is 25.3 Å². The highest BCUT2D eigenvalue weighted by Crippen LogP contribution is 2.17. The molecule has 0 saturated carbocycles. The minimum Gasteiger partial charge on any atom is -0.350 e. The lowest BCUT2D eigenvalue weighted by atomic mass is 10.3. The van der Waals surface area contributed by atoms with Crippen LogP contribution in [0.25, 0.3) is 0 Å². The van der Waals surface area contributed by atoms with Gasteiger partial charge in [-0.15, -0.1) is 10.2 Å². The molecule has 2 aromatic rings. The van der Waals surface area contributed by atoms with Crippen LogP contribution in [-0.2, 0) is 0 Å². The van der Waals surface area contributed by atoms with Crippen molar-refractivity contribution in [3.63, 3.8) is 0 Å². The van der Waals surface area contributed by atoms with Gasteiger partial charge in [0.05, 0.1) is 0 Å². The fourth-order valence-corrected chi connectivity index (χ4v) is 3.91. The van der Waals surface area contributed by atoms with Gasteiger partial charge in [-0.1, -0.05) is 35.9 Å². The maximum absolute atomic E-state index is 12.3. The normalized spacial score (nSPS) is 15.2. The van der Waals surface area contributed by atoms with E-state index < -0.39 is 5.91 Å². The first-order chi connectivity index (χ1) is 14.0. The lowest BCUT2D eigenvalue weighted by molar-refractivity contribution is 0.0946. The van der Waals surface area contributed by atoms with Gasteiger partial charge in [0.15, 0.2) is 0 Å². The summed E-state index contributed by atoms with van der Waals surface area (Å²) in [4.78, 5) is 29.4. The largest absolute Gasteiger partial charge is 0.350 e. The molecule has 0 atom stereocenters. The molecule has 0 aliphatic carbocycles. The van der Waals surface area contributed by atoms with Gasteiger partial charge in [0.25, 0.3) is 11.8 Å². The highest BCUT2D eigenvalue weighted by molar-refractivity contribution is 7.15. The minimum absolute atomic E-state index is 0.129. The Morgan fingerprint density at radius 3 is 2.48 bits per heavy atom. The Morgan fingerprint density at radius 1 is 1.10 bits per heavy atom. The van der Waals surface area contributed by atoms with E-state index >= 15 is 0 Å². The lowest BCUT2D eigenvalue weighted by Gasteiger charge is -2.33. The maximum Gasteiger partial charge on any atom is 0.286 e. The number of benzene rings is 1. The molecule has 8 nitrogen and oxygen atoms in total. The second-order valence-corrected chi connectivity index (χ2v) is 8.18.